The summed E-state index contributed by atoms with van der Waals surface area (Å²) in [5.41, 5.74) is 0. The molecule has 2 rings (SSSR count). The van der Waals surface area contributed by atoms with Gasteiger partial charge in [-0.2, -0.15) is 0 Å². The first kappa shape index (κ1) is 49.8. The minimum Gasteiger partial charge on any atom is -0.394 e. The van der Waals surface area contributed by atoms with Crippen molar-refractivity contribution in [3.8, 4) is 0 Å². The molecule has 1 amide bonds. The van der Waals surface area contributed by atoms with E-state index in [-0.39, 0.29) is 18.9 Å². The average Bonchev–Trinajstić information content (AvgIpc) is 3.19. The number of allylic oxidation sites excluding steroid dienone is 9. The minimum absolute atomic E-state index is 0.234. The van der Waals surface area contributed by atoms with Gasteiger partial charge in [-0.3, -0.25) is 4.79 Å². The Kier molecular flexibility index (Phi) is 26.6. The maximum atomic E-state index is 13.0. The summed E-state index contributed by atoms with van der Waals surface area (Å²) in [6, 6.07) is -0.944. The van der Waals surface area contributed by atoms with E-state index < -0.39 is 86.8 Å². The van der Waals surface area contributed by atoms with Crippen molar-refractivity contribution in [2.45, 2.75) is 177 Å². The van der Waals surface area contributed by atoms with Gasteiger partial charge in [0.2, 0.25) is 5.91 Å². The van der Waals surface area contributed by atoms with E-state index in [2.05, 4.69) is 67.8 Å². The summed E-state index contributed by atoms with van der Waals surface area (Å²) in [4.78, 5) is 13.0. The second kappa shape index (κ2) is 29.8. The van der Waals surface area contributed by atoms with Crippen LogP contribution in [0.25, 0.3) is 0 Å². The zero-order valence-electron chi connectivity index (χ0n) is 33.3. The molecule has 0 spiro atoms. The smallest absolute Gasteiger partial charge is 0.220 e. The van der Waals surface area contributed by atoms with Gasteiger partial charge in [0, 0.05) is 6.42 Å². The second-order valence-electron chi connectivity index (χ2n) is 14.4. The number of nitrogens with one attached hydrogen (secondary N) is 1. The van der Waals surface area contributed by atoms with Gasteiger partial charge in [-0.15, -0.1) is 0 Å². The molecule has 2 heterocycles. The van der Waals surface area contributed by atoms with E-state index in [1.54, 1.807) is 6.08 Å². The lowest BCUT2D eigenvalue weighted by molar-refractivity contribution is -0.359. The Balaban J connectivity index is 1.97. The molecule has 14 heteroatoms. The molecule has 0 radical (unpaired) electrons. The van der Waals surface area contributed by atoms with Gasteiger partial charge in [0.1, 0.15) is 48.8 Å². The van der Waals surface area contributed by atoms with Crippen molar-refractivity contribution in [3.63, 3.8) is 0 Å². The van der Waals surface area contributed by atoms with E-state index >= 15 is 0 Å². The van der Waals surface area contributed by atoms with Gasteiger partial charge in [0.05, 0.1) is 32.0 Å². The van der Waals surface area contributed by atoms with Crippen LogP contribution in [0.3, 0.4) is 0 Å². The maximum absolute atomic E-state index is 13.0. The van der Waals surface area contributed by atoms with Crippen LogP contribution < -0.4 is 5.32 Å². The largest absolute Gasteiger partial charge is 0.394 e. The van der Waals surface area contributed by atoms with Crippen LogP contribution in [-0.4, -0.2) is 140 Å². The molecule has 14 nitrogen and oxygen atoms in total. The molecule has 56 heavy (non-hydrogen) atoms. The van der Waals surface area contributed by atoms with Crippen molar-refractivity contribution in [1.82, 2.24) is 5.32 Å². The van der Waals surface area contributed by atoms with Gasteiger partial charge in [-0.25, -0.2) is 0 Å². The molecule has 0 bridgehead atoms. The van der Waals surface area contributed by atoms with Crippen LogP contribution in [0.2, 0.25) is 0 Å². The van der Waals surface area contributed by atoms with Crippen molar-refractivity contribution in [3.05, 3.63) is 60.8 Å². The Hall–Kier alpha value is -2.31. The average molecular weight is 798 g/mol. The molecule has 12 atom stereocenters. The molecular formula is C42H71NO13. The molecule has 0 aromatic carbocycles. The van der Waals surface area contributed by atoms with Gasteiger partial charge in [-0.05, 0) is 64.2 Å². The molecule has 2 fully saturated rings. The summed E-state index contributed by atoms with van der Waals surface area (Å²) >= 11 is 0. The first-order chi connectivity index (χ1) is 27.1. The quantitative estimate of drug-likeness (QED) is 0.0411. The lowest BCUT2D eigenvalue weighted by Gasteiger charge is -2.46. The Morgan fingerprint density at radius 2 is 1.25 bits per heavy atom. The molecule has 322 valence electrons. The third-order valence-electron chi connectivity index (χ3n) is 9.69. The standard InChI is InChI=1S/C42H71NO13/c1-3-5-7-9-11-13-14-15-16-18-20-22-24-26-34(47)43-30(31(46)25-23-21-19-17-12-10-8-6-4-2)29-53-41-39(52)37(50)40(33(28-45)55-41)56-42-38(51)36(49)35(48)32(27-44)54-42/h5,7,11-13,15-17,23,25,30-33,35-42,44-46,48-52H,3-4,6,8-10,14,18-22,24,26-29H2,1-2H3,(H,43,47)/b7-5-,13-11-,16-15-,17-12+,25-23+. The first-order valence-electron chi connectivity index (χ1n) is 20.5. The third-order valence-corrected chi connectivity index (χ3v) is 9.69. The number of hydrogen-bond acceptors (Lipinski definition) is 13. The second-order valence-corrected chi connectivity index (χ2v) is 14.4. The van der Waals surface area contributed by atoms with Crippen molar-refractivity contribution < 1.29 is 64.6 Å². The molecule has 0 saturated carbocycles. The van der Waals surface area contributed by atoms with E-state index in [9.17, 15) is 45.6 Å². The number of unbranched alkanes of at least 4 members (excludes halogenated alkanes) is 7. The molecule has 2 aliphatic heterocycles. The molecule has 12 unspecified atom stereocenters. The SMILES string of the molecule is CC/C=C\C/C=C\C/C=C\CCCCCC(=O)NC(COC1OC(CO)C(OC2OC(CO)C(O)C(O)C2O)C(O)C1O)C(O)/C=C/CC/C=C/CCCCC. The fraction of sp³-hybridized carbons (Fsp3) is 0.738. The highest BCUT2D eigenvalue weighted by Gasteiger charge is 2.50. The molecule has 0 aromatic rings. The number of aliphatic hydroxyl groups excluding tert-OH is 8. The number of carbonyl (C=O) groups excluding carboxylic acids is 1. The molecule has 2 aliphatic rings. The highest BCUT2D eigenvalue weighted by atomic mass is 16.7. The monoisotopic (exact) mass is 797 g/mol. The lowest BCUT2D eigenvalue weighted by Crippen LogP contribution is -2.65. The number of amides is 1. The normalized spacial score (nSPS) is 30.0. The zero-order chi connectivity index (χ0) is 41.1. The summed E-state index contributed by atoms with van der Waals surface area (Å²) in [6.45, 7) is 2.51. The number of rotatable bonds is 28. The summed E-state index contributed by atoms with van der Waals surface area (Å²) in [5, 5.41) is 86.0. The van der Waals surface area contributed by atoms with Crippen molar-refractivity contribution in [2.75, 3.05) is 19.8 Å². The molecular weight excluding hydrogens is 726 g/mol. The van der Waals surface area contributed by atoms with Gasteiger partial charge in [0.25, 0.3) is 0 Å². The fourth-order valence-electron chi connectivity index (χ4n) is 6.26. The van der Waals surface area contributed by atoms with Crippen molar-refractivity contribution >= 4 is 5.91 Å². The third kappa shape index (κ3) is 18.5. The Labute approximate surface area is 333 Å². The van der Waals surface area contributed by atoms with Gasteiger partial charge in [-0.1, -0.05) is 93.9 Å². The van der Waals surface area contributed by atoms with Crippen LogP contribution in [-0.2, 0) is 23.7 Å². The van der Waals surface area contributed by atoms with E-state index in [1.165, 1.54) is 12.8 Å². The summed E-state index contributed by atoms with van der Waals surface area (Å²) < 4.78 is 22.5. The highest BCUT2D eigenvalue weighted by Crippen LogP contribution is 2.29. The number of ether oxygens (including phenoxy) is 4. The minimum atomic E-state index is -1.79. The summed E-state index contributed by atoms with van der Waals surface area (Å²) in [7, 11) is 0. The predicted octanol–water partition coefficient (Wildman–Crippen LogP) is 2.76. The first-order valence-corrected chi connectivity index (χ1v) is 20.5. The van der Waals surface area contributed by atoms with E-state index in [0.717, 1.165) is 57.8 Å². The summed E-state index contributed by atoms with van der Waals surface area (Å²) in [5.74, 6) is -0.287. The lowest BCUT2D eigenvalue weighted by atomic mass is 9.97. The van der Waals surface area contributed by atoms with Crippen LogP contribution in [0, 0.1) is 0 Å². The number of hydrogen-bond donors (Lipinski definition) is 9. The highest BCUT2D eigenvalue weighted by molar-refractivity contribution is 5.76. The number of carbonyl (C=O) groups is 1. The fourth-order valence-corrected chi connectivity index (χ4v) is 6.26. The zero-order valence-corrected chi connectivity index (χ0v) is 33.3. The predicted molar refractivity (Wildman–Crippen MR) is 212 cm³/mol. The Morgan fingerprint density at radius 1 is 0.661 bits per heavy atom. The molecule has 2 saturated heterocycles. The van der Waals surface area contributed by atoms with E-state index in [1.807, 2.05) is 6.08 Å². The molecule has 0 aromatic heterocycles. The van der Waals surface area contributed by atoms with E-state index in [0.29, 0.717) is 12.8 Å². The van der Waals surface area contributed by atoms with Crippen LogP contribution in [0.5, 0.6) is 0 Å². The maximum Gasteiger partial charge on any atom is 0.220 e. The van der Waals surface area contributed by atoms with Gasteiger partial charge < -0.3 is 65.1 Å². The Bertz CT molecular complexity index is 1180. The number of aliphatic hydroxyl groups is 8. The van der Waals surface area contributed by atoms with Crippen LogP contribution in [0.4, 0.5) is 0 Å². The van der Waals surface area contributed by atoms with Gasteiger partial charge >= 0.3 is 0 Å². The van der Waals surface area contributed by atoms with E-state index in [4.69, 9.17) is 18.9 Å². The summed E-state index contributed by atoms with van der Waals surface area (Å²) in [6.07, 6.45) is 15.9. The molecule has 0 aliphatic carbocycles. The van der Waals surface area contributed by atoms with Crippen LogP contribution in [0.15, 0.2) is 60.8 Å². The molecule has 9 N–H and O–H groups in total. The van der Waals surface area contributed by atoms with Crippen molar-refractivity contribution in [2.24, 2.45) is 0 Å². The van der Waals surface area contributed by atoms with Crippen LogP contribution in [0.1, 0.15) is 104 Å². The topological polar surface area (TPSA) is 228 Å². The Morgan fingerprint density at radius 3 is 1.93 bits per heavy atom. The van der Waals surface area contributed by atoms with Crippen LogP contribution >= 0.6 is 0 Å². The van der Waals surface area contributed by atoms with Crippen molar-refractivity contribution in [1.29, 1.82) is 0 Å². The van der Waals surface area contributed by atoms with Gasteiger partial charge in [0.15, 0.2) is 12.6 Å².